The molecule has 0 fully saturated rings. The van der Waals surface area contributed by atoms with Gasteiger partial charge in [-0.3, -0.25) is 0 Å². The maximum atomic E-state index is 13.2. The monoisotopic (exact) mass is 306 g/mol. The van der Waals surface area contributed by atoms with E-state index in [0.717, 1.165) is 22.4 Å². The first-order valence-corrected chi connectivity index (χ1v) is 6.41. The number of alkyl halides is 3. The molecule has 112 valence electrons. The maximum absolute atomic E-state index is 13.2. The number of aryl methyl sites for hydroxylation is 1. The number of para-hydroxylation sites is 1. The van der Waals surface area contributed by atoms with Gasteiger partial charge in [0, 0.05) is 5.56 Å². The SMILES string of the molecule is [2H]c1cc([2H])c([2H])c(-n2nc(C(F)(F)F)cc2-c2ccc(C)cc2)c1[2H]. The molecule has 0 atom stereocenters. The lowest BCUT2D eigenvalue weighted by atomic mass is 10.1. The highest BCUT2D eigenvalue weighted by Crippen LogP contribution is 2.33. The third-order valence-corrected chi connectivity index (χ3v) is 3.08. The highest BCUT2D eigenvalue weighted by Gasteiger charge is 2.35. The van der Waals surface area contributed by atoms with Gasteiger partial charge in [0.15, 0.2) is 5.69 Å². The van der Waals surface area contributed by atoms with Gasteiger partial charge >= 0.3 is 6.18 Å². The summed E-state index contributed by atoms with van der Waals surface area (Å²) in [5, 5.41) is 3.54. The summed E-state index contributed by atoms with van der Waals surface area (Å²) in [6.45, 7) is 1.84. The normalized spacial score (nSPS) is 14.2. The van der Waals surface area contributed by atoms with Gasteiger partial charge in [0.25, 0.3) is 0 Å². The van der Waals surface area contributed by atoms with Crippen LogP contribution < -0.4 is 0 Å². The van der Waals surface area contributed by atoms with Gasteiger partial charge in [-0.2, -0.15) is 18.3 Å². The van der Waals surface area contributed by atoms with Crippen LogP contribution >= 0.6 is 0 Å². The highest BCUT2D eigenvalue weighted by molar-refractivity contribution is 5.63. The molecule has 0 amide bonds. The van der Waals surface area contributed by atoms with Gasteiger partial charge < -0.3 is 0 Å². The second kappa shape index (κ2) is 5.33. The molecular formula is C17H13F3N2. The van der Waals surface area contributed by atoms with Crippen LogP contribution in [0.4, 0.5) is 13.2 Å². The molecule has 1 aromatic heterocycles. The van der Waals surface area contributed by atoms with Crippen molar-refractivity contribution in [1.82, 2.24) is 9.78 Å². The van der Waals surface area contributed by atoms with Crippen molar-refractivity contribution >= 4 is 0 Å². The third kappa shape index (κ3) is 2.74. The van der Waals surface area contributed by atoms with Crippen molar-refractivity contribution in [2.24, 2.45) is 0 Å². The summed E-state index contributed by atoms with van der Waals surface area (Å²) < 4.78 is 71.8. The van der Waals surface area contributed by atoms with Gasteiger partial charge in [-0.1, -0.05) is 48.0 Å². The van der Waals surface area contributed by atoms with Crippen molar-refractivity contribution in [2.45, 2.75) is 13.1 Å². The standard InChI is InChI=1S/C17H13F3N2/c1-12-7-9-13(10-8-12)15-11-16(17(18,19)20)21-22(15)14-5-3-2-4-6-14/h2-11H,1H3/i3D,4D,5D,6D. The van der Waals surface area contributed by atoms with E-state index in [2.05, 4.69) is 5.10 Å². The van der Waals surface area contributed by atoms with Gasteiger partial charge in [0.2, 0.25) is 0 Å². The Morgan fingerprint density at radius 1 is 1.09 bits per heavy atom. The van der Waals surface area contributed by atoms with Crippen LogP contribution in [-0.2, 0) is 6.18 Å². The number of halogens is 3. The first-order chi connectivity index (χ1) is 12.1. The Morgan fingerprint density at radius 2 is 1.73 bits per heavy atom. The van der Waals surface area contributed by atoms with Crippen molar-refractivity contribution < 1.29 is 18.7 Å². The molecule has 22 heavy (non-hydrogen) atoms. The Kier molecular flexibility index (Phi) is 2.47. The molecule has 0 unspecified atom stereocenters. The lowest BCUT2D eigenvalue weighted by molar-refractivity contribution is -0.141. The van der Waals surface area contributed by atoms with E-state index in [9.17, 15) is 13.2 Å². The Labute approximate surface area is 131 Å². The fraction of sp³-hybridized carbons (Fsp3) is 0.118. The quantitative estimate of drug-likeness (QED) is 0.660. The second-order valence-electron chi connectivity index (χ2n) is 4.72. The number of nitrogens with zero attached hydrogens (tertiary/aromatic N) is 2. The van der Waals surface area contributed by atoms with Crippen LogP contribution in [0.2, 0.25) is 0 Å². The van der Waals surface area contributed by atoms with E-state index in [4.69, 9.17) is 5.48 Å². The average Bonchev–Trinajstić information content (AvgIpc) is 2.99. The molecule has 0 aliphatic carbocycles. The smallest absolute Gasteiger partial charge is 0.233 e. The molecule has 0 saturated heterocycles. The Morgan fingerprint density at radius 3 is 2.32 bits per heavy atom. The molecule has 0 aliphatic rings. The summed E-state index contributed by atoms with van der Waals surface area (Å²) in [5.74, 6) is 0. The number of benzene rings is 2. The van der Waals surface area contributed by atoms with Gasteiger partial charge in [-0.25, -0.2) is 4.68 Å². The number of aromatic nitrogens is 2. The van der Waals surface area contributed by atoms with Crippen LogP contribution in [-0.4, -0.2) is 9.78 Å². The van der Waals surface area contributed by atoms with E-state index >= 15 is 0 Å². The van der Waals surface area contributed by atoms with E-state index in [1.165, 1.54) is 0 Å². The van der Waals surface area contributed by atoms with Gasteiger partial charge in [0.1, 0.15) is 0 Å². The summed E-state index contributed by atoms with van der Waals surface area (Å²) in [6.07, 6.45) is -4.71. The molecule has 0 bridgehead atoms. The molecule has 2 nitrogen and oxygen atoms in total. The Balaban J connectivity index is 2.34. The number of hydrogen-bond donors (Lipinski definition) is 0. The first-order valence-electron chi connectivity index (χ1n) is 8.41. The predicted molar refractivity (Wildman–Crippen MR) is 78.7 cm³/mol. The third-order valence-electron chi connectivity index (χ3n) is 3.08. The van der Waals surface area contributed by atoms with Crippen molar-refractivity contribution in [3.8, 4) is 16.9 Å². The van der Waals surface area contributed by atoms with E-state index in [-0.39, 0.29) is 23.5 Å². The molecule has 0 saturated carbocycles. The largest absolute Gasteiger partial charge is 0.435 e. The van der Waals surface area contributed by atoms with Crippen molar-refractivity contribution in [2.75, 3.05) is 0 Å². The molecule has 0 radical (unpaired) electrons. The number of hydrogen-bond acceptors (Lipinski definition) is 1. The Bertz CT molecular complexity index is 953. The summed E-state index contributed by atoms with van der Waals surface area (Å²) in [7, 11) is 0. The van der Waals surface area contributed by atoms with Crippen molar-refractivity contribution in [1.29, 1.82) is 0 Å². The molecule has 1 heterocycles. The van der Waals surface area contributed by atoms with Crippen LogP contribution in [0.3, 0.4) is 0 Å². The van der Waals surface area contributed by atoms with E-state index < -0.39 is 24.0 Å². The van der Waals surface area contributed by atoms with Crippen LogP contribution in [0.15, 0.2) is 60.6 Å². The van der Waals surface area contributed by atoms with Crippen LogP contribution in [0.5, 0.6) is 0 Å². The van der Waals surface area contributed by atoms with Crippen LogP contribution in [0.1, 0.15) is 16.7 Å². The average molecular weight is 306 g/mol. The lowest BCUT2D eigenvalue weighted by Crippen LogP contribution is -2.07. The summed E-state index contributed by atoms with van der Waals surface area (Å²) >= 11 is 0. The minimum absolute atomic E-state index is 0.0318. The molecule has 0 aliphatic heterocycles. The number of rotatable bonds is 2. The molecule has 0 N–H and O–H groups in total. The van der Waals surface area contributed by atoms with E-state index in [0.29, 0.717) is 5.56 Å². The molecule has 0 spiro atoms. The molecule has 2 aromatic carbocycles. The minimum Gasteiger partial charge on any atom is -0.233 e. The fourth-order valence-electron chi connectivity index (χ4n) is 2.00. The van der Waals surface area contributed by atoms with E-state index in [1.54, 1.807) is 24.3 Å². The highest BCUT2D eigenvalue weighted by atomic mass is 19.4. The Hall–Kier alpha value is -2.56. The van der Waals surface area contributed by atoms with Crippen molar-refractivity contribution in [3.63, 3.8) is 0 Å². The van der Waals surface area contributed by atoms with Crippen LogP contribution in [0, 0.1) is 6.92 Å². The molecule has 5 heteroatoms. The predicted octanol–water partition coefficient (Wildman–Crippen LogP) is 4.87. The summed E-state index contributed by atoms with van der Waals surface area (Å²) in [4.78, 5) is 0. The fourth-order valence-corrected chi connectivity index (χ4v) is 2.00. The van der Waals surface area contributed by atoms with Crippen LogP contribution in [0.25, 0.3) is 16.9 Å². The topological polar surface area (TPSA) is 17.8 Å². The van der Waals surface area contributed by atoms with Gasteiger partial charge in [0.05, 0.1) is 16.9 Å². The lowest BCUT2D eigenvalue weighted by Gasteiger charge is -2.07. The zero-order chi connectivity index (χ0) is 19.2. The summed E-state index contributed by atoms with van der Waals surface area (Å²) in [6, 6.07) is 6.87. The summed E-state index contributed by atoms with van der Waals surface area (Å²) in [5.41, 5.74) is -0.133. The minimum atomic E-state index is -4.71. The molecule has 3 aromatic rings. The maximum Gasteiger partial charge on any atom is 0.435 e. The van der Waals surface area contributed by atoms with Gasteiger partial charge in [-0.15, -0.1) is 0 Å². The van der Waals surface area contributed by atoms with E-state index in [1.807, 2.05) is 6.92 Å². The zero-order valence-electron chi connectivity index (χ0n) is 15.5. The zero-order valence-corrected chi connectivity index (χ0v) is 11.5. The second-order valence-corrected chi connectivity index (χ2v) is 4.72. The van der Waals surface area contributed by atoms with Gasteiger partial charge in [-0.05, 0) is 25.1 Å². The molecular weight excluding hydrogens is 289 g/mol. The first kappa shape index (κ1) is 10.2. The van der Waals surface area contributed by atoms with Crippen molar-refractivity contribution in [3.05, 3.63) is 71.8 Å². The molecule has 3 rings (SSSR count).